The third-order valence-corrected chi connectivity index (χ3v) is 2.21. The van der Waals surface area contributed by atoms with Gasteiger partial charge in [-0.2, -0.15) is 5.10 Å². The van der Waals surface area contributed by atoms with Crippen molar-refractivity contribution >= 4 is 27.8 Å². The molecule has 0 fully saturated rings. The second-order valence-electron chi connectivity index (χ2n) is 3.20. The van der Waals surface area contributed by atoms with Gasteiger partial charge in [-0.1, -0.05) is 0 Å². The highest BCUT2D eigenvalue weighted by atomic mass is 79.9. The van der Waals surface area contributed by atoms with E-state index in [-0.39, 0.29) is 18.9 Å². The Morgan fingerprint density at radius 2 is 2.31 bits per heavy atom. The summed E-state index contributed by atoms with van der Waals surface area (Å²) in [7, 11) is 0. The summed E-state index contributed by atoms with van der Waals surface area (Å²) in [6, 6.07) is 0. The molecule has 0 aliphatic heterocycles. The van der Waals surface area contributed by atoms with Crippen molar-refractivity contribution in [1.82, 2.24) is 15.1 Å². The number of hydrogen-bond acceptors (Lipinski definition) is 3. The topological polar surface area (TPSA) is 84.2 Å². The first-order valence-corrected chi connectivity index (χ1v) is 5.53. The maximum atomic E-state index is 11.3. The van der Waals surface area contributed by atoms with Gasteiger partial charge in [-0.25, -0.2) is 0 Å². The maximum Gasteiger partial charge on any atom is 0.303 e. The van der Waals surface area contributed by atoms with Gasteiger partial charge in [0, 0.05) is 19.2 Å². The van der Waals surface area contributed by atoms with Crippen LogP contribution in [0.2, 0.25) is 0 Å². The fourth-order valence-electron chi connectivity index (χ4n) is 1.10. The van der Waals surface area contributed by atoms with E-state index >= 15 is 0 Å². The normalized spacial score (nSPS) is 10.1. The van der Waals surface area contributed by atoms with Crippen LogP contribution in [0.3, 0.4) is 0 Å². The van der Waals surface area contributed by atoms with Gasteiger partial charge < -0.3 is 10.4 Å². The number of nitrogens with one attached hydrogen (secondary N) is 1. The molecule has 6 nitrogen and oxygen atoms in total. The molecule has 1 heterocycles. The first kappa shape index (κ1) is 12.7. The number of aromatic nitrogens is 2. The van der Waals surface area contributed by atoms with Gasteiger partial charge in [-0.15, -0.1) is 0 Å². The number of aliphatic carboxylic acids is 1. The first-order valence-electron chi connectivity index (χ1n) is 4.74. The van der Waals surface area contributed by atoms with Gasteiger partial charge in [-0.3, -0.25) is 14.3 Å². The van der Waals surface area contributed by atoms with Crippen LogP contribution in [0.25, 0.3) is 0 Å². The monoisotopic (exact) mass is 289 g/mol. The molecular weight excluding hydrogens is 278 g/mol. The van der Waals surface area contributed by atoms with Gasteiger partial charge in [0.25, 0.3) is 0 Å². The lowest BCUT2D eigenvalue weighted by atomic mass is 10.3. The highest BCUT2D eigenvalue weighted by Gasteiger charge is 2.03. The second-order valence-corrected chi connectivity index (χ2v) is 4.12. The predicted octanol–water partition coefficient (Wildman–Crippen LogP) is 0.627. The quantitative estimate of drug-likeness (QED) is 0.752. The fourth-order valence-corrected chi connectivity index (χ4v) is 1.42. The highest BCUT2D eigenvalue weighted by molar-refractivity contribution is 9.10. The van der Waals surface area contributed by atoms with E-state index in [0.29, 0.717) is 13.0 Å². The highest BCUT2D eigenvalue weighted by Crippen LogP contribution is 2.05. The lowest BCUT2D eigenvalue weighted by molar-refractivity contribution is -0.137. The van der Waals surface area contributed by atoms with Crippen molar-refractivity contribution in [2.45, 2.75) is 19.4 Å². The lowest BCUT2D eigenvalue weighted by Gasteiger charge is -2.03. The zero-order valence-corrected chi connectivity index (χ0v) is 10.1. The summed E-state index contributed by atoms with van der Waals surface area (Å²) in [6.45, 7) is 0.506. The minimum atomic E-state index is -0.856. The van der Waals surface area contributed by atoms with Crippen LogP contribution in [0, 0.1) is 0 Å². The lowest BCUT2D eigenvalue weighted by Crippen LogP contribution is -2.28. The number of nitrogens with zero attached hydrogens (tertiary/aromatic N) is 2. The molecule has 1 amide bonds. The summed E-state index contributed by atoms with van der Waals surface area (Å²) in [5.74, 6) is -1.04. The van der Waals surface area contributed by atoms with Crippen LogP contribution < -0.4 is 5.32 Å². The maximum absolute atomic E-state index is 11.3. The molecule has 7 heteroatoms. The summed E-state index contributed by atoms with van der Waals surface area (Å²) >= 11 is 3.22. The summed E-state index contributed by atoms with van der Waals surface area (Å²) in [6.07, 6.45) is 3.78. The third-order valence-electron chi connectivity index (χ3n) is 1.80. The number of hydrogen-bond donors (Lipinski definition) is 2. The summed E-state index contributed by atoms with van der Waals surface area (Å²) in [5, 5.41) is 14.9. The Bertz CT molecular complexity index is 378. The zero-order valence-electron chi connectivity index (χ0n) is 8.52. The number of halogens is 1. The van der Waals surface area contributed by atoms with Crippen LogP contribution in [0.5, 0.6) is 0 Å². The number of rotatable bonds is 6. The number of carbonyl (C=O) groups excluding carboxylic acids is 1. The summed E-state index contributed by atoms with van der Waals surface area (Å²) in [4.78, 5) is 21.5. The van der Waals surface area contributed by atoms with Gasteiger partial charge in [-0.05, 0) is 22.4 Å². The molecule has 0 unspecified atom stereocenters. The van der Waals surface area contributed by atoms with Gasteiger partial charge in [0.05, 0.1) is 10.7 Å². The van der Waals surface area contributed by atoms with Crippen molar-refractivity contribution in [1.29, 1.82) is 0 Å². The standard InChI is InChI=1S/C9H12BrN3O3/c10-7-4-12-13(5-7)6-8(14)11-3-1-2-9(15)16/h4-5H,1-3,6H2,(H,11,14)(H,15,16). The number of amides is 1. The van der Waals surface area contributed by atoms with Crippen molar-refractivity contribution in [2.24, 2.45) is 0 Å². The minimum absolute atomic E-state index is 0.0631. The smallest absolute Gasteiger partial charge is 0.303 e. The Labute approximate surface area is 101 Å². The second kappa shape index (κ2) is 6.26. The van der Waals surface area contributed by atoms with Gasteiger partial charge in [0.2, 0.25) is 5.91 Å². The van der Waals surface area contributed by atoms with E-state index in [2.05, 4.69) is 26.3 Å². The Hall–Kier alpha value is -1.37. The Morgan fingerprint density at radius 3 is 2.88 bits per heavy atom. The van der Waals surface area contributed by atoms with E-state index in [1.54, 1.807) is 12.4 Å². The summed E-state index contributed by atoms with van der Waals surface area (Å²) in [5.41, 5.74) is 0. The molecule has 1 aromatic rings. The van der Waals surface area contributed by atoms with E-state index in [9.17, 15) is 9.59 Å². The first-order chi connectivity index (χ1) is 7.58. The van der Waals surface area contributed by atoms with E-state index in [4.69, 9.17) is 5.11 Å². The van der Waals surface area contributed by atoms with Gasteiger partial charge in [0.15, 0.2) is 0 Å². The third kappa shape index (κ3) is 4.92. The molecule has 0 saturated carbocycles. The van der Waals surface area contributed by atoms with Crippen molar-refractivity contribution in [3.63, 3.8) is 0 Å². The van der Waals surface area contributed by atoms with E-state index in [1.165, 1.54) is 4.68 Å². The predicted molar refractivity (Wildman–Crippen MR) is 59.8 cm³/mol. The van der Waals surface area contributed by atoms with E-state index < -0.39 is 5.97 Å². The molecule has 0 spiro atoms. The largest absolute Gasteiger partial charge is 0.481 e. The van der Waals surface area contributed by atoms with Gasteiger partial charge >= 0.3 is 5.97 Å². The average molecular weight is 290 g/mol. The molecule has 0 atom stereocenters. The van der Waals surface area contributed by atoms with E-state index in [1.807, 2.05) is 0 Å². The Kier molecular flexibility index (Phi) is 4.97. The molecule has 16 heavy (non-hydrogen) atoms. The molecule has 0 bridgehead atoms. The van der Waals surface area contributed by atoms with Crippen LogP contribution in [0.4, 0.5) is 0 Å². The zero-order chi connectivity index (χ0) is 12.0. The molecule has 0 saturated heterocycles. The number of carbonyl (C=O) groups is 2. The van der Waals surface area contributed by atoms with Crippen molar-refractivity contribution in [2.75, 3.05) is 6.54 Å². The van der Waals surface area contributed by atoms with Crippen molar-refractivity contribution in [3.05, 3.63) is 16.9 Å². The van der Waals surface area contributed by atoms with Crippen LogP contribution in [-0.2, 0) is 16.1 Å². The minimum Gasteiger partial charge on any atom is -0.481 e. The number of carboxylic acid groups (broad SMARTS) is 1. The van der Waals surface area contributed by atoms with Gasteiger partial charge in [0.1, 0.15) is 6.54 Å². The van der Waals surface area contributed by atoms with E-state index in [0.717, 1.165) is 4.47 Å². The number of carboxylic acids is 1. The molecule has 0 aliphatic carbocycles. The molecule has 0 radical (unpaired) electrons. The Morgan fingerprint density at radius 1 is 1.56 bits per heavy atom. The van der Waals surface area contributed by atoms with Crippen LogP contribution in [-0.4, -0.2) is 33.3 Å². The molecule has 88 valence electrons. The molecule has 2 N–H and O–H groups in total. The molecule has 0 aliphatic rings. The van der Waals surface area contributed by atoms with Crippen molar-refractivity contribution in [3.8, 4) is 0 Å². The summed E-state index contributed by atoms with van der Waals surface area (Å²) < 4.78 is 2.31. The van der Waals surface area contributed by atoms with Crippen molar-refractivity contribution < 1.29 is 14.7 Å². The molecule has 1 aromatic heterocycles. The Balaban J connectivity index is 2.18. The molecular formula is C9H12BrN3O3. The molecule has 0 aromatic carbocycles. The van der Waals surface area contributed by atoms with Crippen LogP contribution >= 0.6 is 15.9 Å². The van der Waals surface area contributed by atoms with Crippen LogP contribution in [0.15, 0.2) is 16.9 Å². The average Bonchev–Trinajstić information content (AvgIpc) is 2.58. The fraction of sp³-hybridized carbons (Fsp3) is 0.444. The SMILES string of the molecule is O=C(O)CCCNC(=O)Cn1cc(Br)cn1. The molecule has 1 rings (SSSR count). The van der Waals surface area contributed by atoms with Crippen LogP contribution in [0.1, 0.15) is 12.8 Å².